The number of halogens is 2. The van der Waals surface area contributed by atoms with Crippen LogP contribution in [0, 0.1) is 6.92 Å². The fourth-order valence-electron chi connectivity index (χ4n) is 6.62. The average Bonchev–Trinajstić information content (AvgIpc) is 3.20. The van der Waals surface area contributed by atoms with E-state index in [0.717, 1.165) is 21.5 Å². The Bertz CT molecular complexity index is 1950. The van der Waals surface area contributed by atoms with Gasteiger partial charge < -0.3 is 23.7 Å². The molecule has 0 radical (unpaired) electrons. The second-order valence-electron chi connectivity index (χ2n) is 14.4. The van der Waals surface area contributed by atoms with Crippen LogP contribution in [0.2, 0.25) is 15.3 Å². The van der Waals surface area contributed by atoms with Crippen molar-refractivity contribution < 1.29 is 23.5 Å². The van der Waals surface area contributed by atoms with Crippen LogP contribution in [-0.4, -0.2) is 73.3 Å². The summed E-state index contributed by atoms with van der Waals surface area (Å²) >= 11 is 13.2. The van der Waals surface area contributed by atoms with Gasteiger partial charge in [0.1, 0.15) is 13.2 Å². The number of hydrogen-bond acceptors (Lipinski definition) is 7. The van der Waals surface area contributed by atoms with Crippen molar-refractivity contribution in [3.8, 4) is 0 Å². The molecule has 0 fully saturated rings. The standard InChI is InChI=1S/C43H48Cl2N4O5Si/c1-32-38(40(45)47-46-39(32)44)28-35(31-54-55(43(2,3)4,36-22-14-8-15-23-36)37-24-16-9-17-25-37)49(42(51)53-30-34-20-12-7-13-21-34)27-26-48(5)41(50)52-29-33-18-10-6-11-19-33/h6-25,35H,26-31H2,1-5H3/t35-/m1/s1. The molecule has 0 bridgehead atoms. The topological polar surface area (TPSA) is 94.1 Å². The van der Waals surface area contributed by atoms with E-state index >= 15 is 0 Å². The molecule has 1 heterocycles. The molecular weight excluding hydrogens is 751 g/mol. The van der Waals surface area contributed by atoms with Gasteiger partial charge >= 0.3 is 12.2 Å². The highest BCUT2D eigenvalue weighted by molar-refractivity contribution is 6.99. The third kappa shape index (κ3) is 10.5. The zero-order chi connectivity index (χ0) is 39.4. The molecule has 0 spiro atoms. The second kappa shape index (κ2) is 19.2. The van der Waals surface area contributed by atoms with Gasteiger partial charge in [-0.2, -0.15) is 0 Å². The van der Waals surface area contributed by atoms with Crippen molar-refractivity contribution in [2.75, 3.05) is 26.7 Å². The predicted molar refractivity (Wildman–Crippen MR) is 220 cm³/mol. The number of aromatic nitrogens is 2. The van der Waals surface area contributed by atoms with Crippen molar-refractivity contribution in [2.45, 2.75) is 58.4 Å². The molecule has 12 heteroatoms. The summed E-state index contributed by atoms with van der Waals surface area (Å²) in [5.41, 5.74) is 2.99. The highest BCUT2D eigenvalue weighted by atomic mass is 35.5. The molecule has 5 aromatic rings. The molecule has 2 amide bonds. The van der Waals surface area contributed by atoms with E-state index < -0.39 is 26.5 Å². The number of carbonyl (C=O) groups excluding carboxylic acids is 2. The van der Waals surface area contributed by atoms with E-state index in [-0.39, 0.29) is 54.7 Å². The Hall–Kier alpha value is -4.74. The Labute approximate surface area is 335 Å². The maximum Gasteiger partial charge on any atom is 0.410 e. The lowest BCUT2D eigenvalue weighted by molar-refractivity contribution is 0.0586. The Morgan fingerprint density at radius 3 is 1.64 bits per heavy atom. The van der Waals surface area contributed by atoms with E-state index in [1.165, 1.54) is 4.90 Å². The van der Waals surface area contributed by atoms with Gasteiger partial charge in [-0.25, -0.2) is 9.59 Å². The van der Waals surface area contributed by atoms with E-state index in [1.807, 2.05) is 104 Å². The maximum atomic E-state index is 14.4. The lowest BCUT2D eigenvalue weighted by atomic mass is 10.0. The molecule has 0 aliphatic heterocycles. The van der Waals surface area contributed by atoms with Gasteiger partial charge in [-0.05, 0) is 51.0 Å². The Morgan fingerprint density at radius 1 is 0.691 bits per heavy atom. The Kier molecular flexibility index (Phi) is 14.5. The van der Waals surface area contributed by atoms with Crippen molar-refractivity contribution in [1.29, 1.82) is 0 Å². The molecule has 0 saturated heterocycles. The lowest BCUT2D eigenvalue weighted by Crippen LogP contribution is -2.67. The molecule has 5 rings (SSSR count). The van der Waals surface area contributed by atoms with Gasteiger partial charge in [0.25, 0.3) is 8.32 Å². The summed E-state index contributed by atoms with van der Waals surface area (Å²) in [5, 5.41) is 10.3. The van der Waals surface area contributed by atoms with Gasteiger partial charge in [0.15, 0.2) is 10.3 Å². The summed E-state index contributed by atoms with van der Waals surface area (Å²) in [6.07, 6.45) is -0.876. The van der Waals surface area contributed by atoms with Gasteiger partial charge in [-0.1, -0.05) is 165 Å². The molecule has 0 N–H and O–H groups in total. The van der Waals surface area contributed by atoms with Crippen molar-refractivity contribution in [3.63, 3.8) is 0 Å². The fraction of sp³-hybridized carbons (Fsp3) is 0.302. The van der Waals surface area contributed by atoms with Gasteiger partial charge in [0.05, 0.1) is 12.6 Å². The number of benzene rings is 4. The highest BCUT2D eigenvalue weighted by Crippen LogP contribution is 2.37. The molecular formula is C43H48Cl2N4O5Si. The SMILES string of the molecule is Cc1c(Cl)nnc(Cl)c1C[C@H](CO[Si](c1ccccc1)(c1ccccc1)C(C)(C)C)N(CCN(C)C(=O)OCc1ccccc1)C(=O)OCc1ccccc1. The smallest absolute Gasteiger partial charge is 0.410 e. The van der Waals surface area contributed by atoms with Gasteiger partial charge in [0.2, 0.25) is 0 Å². The third-order valence-electron chi connectivity index (χ3n) is 9.66. The fourth-order valence-corrected chi connectivity index (χ4v) is 11.6. The summed E-state index contributed by atoms with van der Waals surface area (Å²) < 4.78 is 19.0. The van der Waals surface area contributed by atoms with Crippen LogP contribution < -0.4 is 10.4 Å². The minimum Gasteiger partial charge on any atom is -0.445 e. The van der Waals surface area contributed by atoms with Gasteiger partial charge in [-0.15, -0.1) is 10.2 Å². The summed E-state index contributed by atoms with van der Waals surface area (Å²) in [6, 6.07) is 38.9. The van der Waals surface area contributed by atoms with Gasteiger partial charge in [-0.3, -0.25) is 0 Å². The van der Waals surface area contributed by atoms with Gasteiger partial charge in [0, 0.05) is 20.1 Å². The van der Waals surface area contributed by atoms with Crippen LogP contribution in [0.1, 0.15) is 43.0 Å². The van der Waals surface area contributed by atoms with E-state index in [4.69, 9.17) is 37.1 Å². The van der Waals surface area contributed by atoms with E-state index in [0.29, 0.717) is 11.1 Å². The summed E-state index contributed by atoms with van der Waals surface area (Å²) in [6.45, 7) is 8.94. The molecule has 4 aromatic carbocycles. The zero-order valence-corrected chi connectivity index (χ0v) is 34.5. The lowest BCUT2D eigenvalue weighted by Gasteiger charge is -2.44. The van der Waals surface area contributed by atoms with Crippen LogP contribution in [0.5, 0.6) is 0 Å². The zero-order valence-electron chi connectivity index (χ0n) is 32.0. The number of likely N-dealkylation sites (N-methyl/N-ethyl adjacent to an activating group) is 1. The van der Waals surface area contributed by atoms with Crippen molar-refractivity contribution in [3.05, 3.63) is 154 Å². The van der Waals surface area contributed by atoms with Crippen LogP contribution in [-0.2, 0) is 33.5 Å². The monoisotopic (exact) mass is 798 g/mol. The molecule has 0 aliphatic carbocycles. The van der Waals surface area contributed by atoms with Crippen molar-refractivity contribution >= 4 is 54.1 Å². The maximum absolute atomic E-state index is 14.4. The molecule has 0 saturated carbocycles. The number of carbonyl (C=O) groups is 2. The van der Waals surface area contributed by atoms with Crippen molar-refractivity contribution in [2.24, 2.45) is 0 Å². The number of amides is 2. The average molecular weight is 800 g/mol. The first-order valence-electron chi connectivity index (χ1n) is 18.2. The molecule has 9 nitrogen and oxygen atoms in total. The number of rotatable bonds is 15. The molecule has 1 atom stereocenters. The Morgan fingerprint density at radius 2 is 1.15 bits per heavy atom. The summed E-state index contributed by atoms with van der Waals surface area (Å²) in [4.78, 5) is 30.6. The first-order chi connectivity index (χ1) is 26.4. The predicted octanol–water partition coefficient (Wildman–Crippen LogP) is 8.49. The number of nitrogens with zero attached hydrogens (tertiary/aromatic N) is 4. The summed E-state index contributed by atoms with van der Waals surface area (Å²) in [5.74, 6) is 0. The highest BCUT2D eigenvalue weighted by Gasteiger charge is 2.50. The van der Waals surface area contributed by atoms with Crippen molar-refractivity contribution in [1.82, 2.24) is 20.0 Å². The first-order valence-corrected chi connectivity index (χ1v) is 20.9. The minimum atomic E-state index is -3.08. The largest absolute Gasteiger partial charge is 0.445 e. The molecule has 0 aliphatic rings. The quantitative estimate of drug-likeness (QED) is 0.0982. The number of hydrogen-bond donors (Lipinski definition) is 0. The molecule has 55 heavy (non-hydrogen) atoms. The van der Waals surface area contributed by atoms with E-state index in [2.05, 4.69) is 55.2 Å². The van der Waals surface area contributed by atoms with Crippen LogP contribution in [0.15, 0.2) is 121 Å². The summed E-state index contributed by atoms with van der Waals surface area (Å²) in [7, 11) is -1.43. The van der Waals surface area contributed by atoms with E-state index in [9.17, 15) is 9.59 Å². The normalized spacial score (nSPS) is 12.1. The minimum absolute atomic E-state index is 0.0514. The second-order valence-corrected chi connectivity index (χ2v) is 19.4. The van der Waals surface area contributed by atoms with Crippen LogP contribution in [0.4, 0.5) is 9.59 Å². The van der Waals surface area contributed by atoms with E-state index in [1.54, 1.807) is 11.9 Å². The number of ether oxygens (including phenoxy) is 2. The molecule has 288 valence electrons. The third-order valence-corrected chi connectivity index (χ3v) is 15.3. The molecule has 0 unspecified atom stereocenters. The van der Waals surface area contributed by atoms with Crippen LogP contribution in [0.25, 0.3) is 0 Å². The molecule has 1 aromatic heterocycles. The van der Waals surface area contributed by atoms with Crippen LogP contribution in [0.3, 0.4) is 0 Å². The Balaban J connectivity index is 1.53. The van der Waals surface area contributed by atoms with Crippen LogP contribution >= 0.6 is 23.2 Å². The first kappa shape index (κ1) is 41.4.